The maximum Gasteiger partial charge on any atom is 0.163 e. The average Bonchev–Trinajstić information content (AvgIpc) is 2.57. The van der Waals surface area contributed by atoms with Gasteiger partial charge >= 0.3 is 0 Å². The monoisotopic (exact) mass is 186 g/mol. The Kier molecular flexibility index (Phi) is 2.27. The number of hydrogen-bond donors (Lipinski definition) is 0. The van der Waals surface area contributed by atoms with Gasteiger partial charge in [-0.15, -0.1) is 0 Å². The van der Waals surface area contributed by atoms with Crippen molar-refractivity contribution in [3.8, 4) is 0 Å². The molecule has 0 aromatic heterocycles. The van der Waals surface area contributed by atoms with E-state index in [2.05, 4.69) is 0 Å². The van der Waals surface area contributed by atoms with E-state index in [4.69, 9.17) is 0 Å². The molecule has 2 nitrogen and oxygen atoms in total. The van der Waals surface area contributed by atoms with Crippen LogP contribution in [0.3, 0.4) is 0 Å². The Morgan fingerprint density at radius 3 is 2.86 bits per heavy atom. The van der Waals surface area contributed by atoms with Crippen LogP contribution in [0.25, 0.3) is 6.08 Å². The number of allylic oxidation sites excluding steroid dienone is 1. The van der Waals surface area contributed by atoms with Crippen molar-refractivity contribution in [2.45, 2.75) is 12.8 Å². The Labute approximate surface area is 82.2 Å². The van der Waals surface area contributed by atoms with Crippen LogP contribution in [0.15, 0.2) is 24.3 Å². The first-order chi connectivity index (χ1) is 6.81. The molecule has 0 unspecified atom stereocenters. The second-order valence-corrected chi connectivity index (χ2v) is 3.33. The van der Waals surface area contributed by atoms with Crippen LogP contribution < -0.4 is 0 Å². The van der Waals surface area contributed by atoms with Gasteiger partial charge in [0, 0.05) is 12.0 Å². The molecular formula is C12H10O2. The van der Waals surface area contributed by atoms with Crippen LogP contribution in [0.2, 0.25) is 0 Å². The zero-order valence-corrected chi connectivity index (χ0v) is 7.69. The first kappa shape index (κ1) is 8.88. The highest BCUT2D eigenvalue weighted by Crippen LogP contribution is 2.23. The van der Waals surface area contributed by atoms with Crippen LogP contribution >= 0.6 is 0 Å². The molecule has 0 saturated carbocycles. The molecule has 0 fully saturated rings. The number of carbonyl (C=O) groups is 2. The third-order valence-corrected chi connectivity index (χ3v) is 2.42. The zero-order valence-electron chi connectivity index (χ0n) is 7.69. The molecule has 0 N–H and O–H groups in total. The molecule has 0 bridgehead atoms. The van der Waals surface area contributed by atoms with Gasteiger partial charge in [-0.1, -0.05) is 24.3 Å². The largest absolute Gasteiger partial charge is 0.299 e. The summed E-state index contributed by atoms with van der Waals surface area (Å²) < 4.78 is 0. The van der Waals surface area contributed by atoms with Gasteiger partial charge in [0.05, 0.1) is 0 Å². The number of Topliss-reactive ketones (excluding diaryl/α,β-unsaturated/α-hetero) is 1. The minimum atomic E-state index is 0.228. The highest BCUT2D eigenvalue weighted by Gasteiger charge is 2.18. The first-order valence-electron chi connectivity index (χ1n) is 4.59. The van der Waals surface area contributed by atoms with Crippen molar-refractivity contribution in [1.29, 1.82) is 0 Å². The van der Waals surface area contributed by atoms with Gasteiger partial charge in [-0.05, 0) is 23.6 Å². The van der Waals surface area contributed by atoms with E-state index in [9.17, 15) is 9.59 Å². The number of fused-ring (bicyclic) bond motifs is 1. The van der Waals surface area contributed by atoms with E-state index in [1.54, 1.807) is 6.08 Å². The van der Waals surface area contributed by atoms with Gasteiger partial charge in [0.15, 0.2) is 5.78 Å². The Hall–Kier alpha value is -1.70. The molecule has 2 heteroatoms. The second-order valence-electron chi connectivity index (χ2n) is 3.33. The number of hydrogen-bond acceptors (Lipinski definition) is 2. The van der Waals surface area contributed by atoms with Crippen LogP contribution in [0.5, 0.6) is 0 Å². The van der Waals surface area contributed by atoms with Crippen LogP contribution in [0.1, 0.15) is 27.9 Å². The highest BCUT2D eigenvalue weighted by atomic mass is 16.1. The molecular weight excluding hydrogens is 176 g/mol. The average molecular weight is 186 g/mol. The van der Waals surface area contributed by atoms with E-state index in [1.807, 2.05) is 18.2 Å². The summed E-state index contributed by atoms with van der Waals surface area (Å²) in [5, 5.41) is 0. The minimum absolute atomic E-state index is 0.228. The Balaban J connectivity index is 2.37. The number of rotatable bonds is 2. The predicted octanol–water partition coefficient (Wildman–Crippen LogP) is 2.03. The van der Waals surface area contributed by atoms with E-state index in [-0.39, 0.29) is 5.78 Å². The fraction of sp³-hybridized carbons (Fsp3) is 0.167. The summed E-state index contributed by atoms with van der Waals surface area (Å²) in [6, 6.07) is 5.68. The van der Waals surface area contributed by atoms with Gasteiger partial charge in [0.1, 0.15) is 6.29 Å². The van der Waals surface area contributed by atoms with E-state index in [0.29, 0.717) is 6.42 Å². The Bertz CT molecular complexity index is 416. The number of ketones is 1. The maximum absolute atomic E-state index is 11.3. The summed E-state index contributed by atoms with van der Waals surface area (Å²) in [6.45, 7) is 0. The predicted molar refractivity (Wildman–Crippen MR) is 54.2 cm³/mol. The minimum Gasteiger partial charge on any atom is -0.299 e. The lowest BCUT2D eigenvalue weighted by Gasteiger charge is -1.98. The lowest BCUT2D eigenvalue weighted by molar-refractivity contribution is -0.104. The summed E-state index contributed by atoms with van der Waals surface area (Å²) in [5.74, 6) is 0.228. The van der Waals surface area contributed by atoms with Crippen molar-refractivity contribution < 1.29 is 9.59 Å². The molecule has 0 aliphatic heterocycles. The van der Waals surface area contributed by atoms with Gasteiger partial charge in [0.2, 0.25) is 0 Å². The maximum atomic E-state index is 11.3. The fourth-order valence-corrected chi connectivity index (χ4v) is 1.73. The Morgan fingerprint density at radius 1 is 1.21 bits per heavy atom. The molecule has 70 valence electrons. The number of aldehydes is 1. The third kappa shape index (κ3) is 1.51. The SMILES string of the molecule is O=CC=Cc1ccc2c(c1)CCC2=O. The number of carbonyl (C=O) groups excluding carboxylic acids is 2. The standard InChI is InChI=1S/C12H10O2/c13-7-1-2-9-3-5-11-10(8-9)4-6-12(11)14/h1-3,5,7-8H,4,6H2. The van der Waals surface area contributed by atoms with E-state index in [0.717, 1.165) is 29.4 Å². The van der Waals surface area contributed by atoms with Crippen molar-refractivity contribution in [3.05, 3.63) is 41.0 Å². The van der Waals surface area contributed by atoms with Crippen molar-refractivity contribution in [2.24, 2.45) is 0 Å². The normalized spacial score (nSPS) is 14.7. The number of aryl methyl sites for hydroxylation is 1. The summed E-state index contributed by atoms with van der Waals surface area (Å²) in [7, 11) is 0. The molecule has 1 aliphatic carbocycles. The molecule has 0 heterocycles. The van der Waals surface area contributed by atoms with Crippen molar-refractivity contribution in [2.75, 3.05) is 0 Å². The molecule has 2 rings (SSSR count). The third-order valence-electron chi connectivity index (χ3n) is 2.42. The molecule has 0 atom stereocenters. The number of benzene rings is 1. The topological polar surface area (TPSA) is 34.1 Å². The summed E-state index contributed by atoms with van der Waals surface area (Å²) >= 11 is 0. The summed E-state index contributed by atoms with van der Waals surface area (Å²) in [4.78, 5) is 21.4. The molecule has 1 aromatic carbocycles. The lowest BCUT2D eigenvalue weighted by atomic mass is 10.1. The molecule has 14 heavy (non-hydrogen) atoms. The molecule has 1 aromatic rings. The van der Waals surface area contributed by atoms with Crippen LogP contribution in [-0.2, 0) is 11.2 Å². The second kappa shape index (κ2) is 3.58. The quantitative estimate of drug-likeness (QED) is 0.523. The lowest BCUT2D eigenvalue weighted by Crippen LogP contribution is -1.90. The highest BCUT2D eigenvalue weighted by molar-refractivity contribution is 6.00. The molecule has 0 saturated heterocycles. The van der Waals surface area contributed by atoms with Crippen molar-refractivity contribution in [1.82, 2.24) is 0 Å². The van der Waals surface area contributed by atoms with E-state index in [1.165, 1.54) is 6.08 Å². The van der Waals surface area contributed by atoms with Gasteiger partial charge in [-0.25, -0.2) is 0 Å². The van der Waals surface area contributed by atoms with Crippen molar-refractivity contribution in [3.63, 3.8) is 0 Å². The van der Waals surface area contributed by atoms with Gasteiger partial charge in [0.25, 0.3) is 0 Å². The summed E-state index contributed by atoms with van der Waals surface area (Å²) in [6.07, 6.45) is 5.40. The van der Waals surface area contributed by atoms with E-state index < -0.39 is 0 Å². The molecule has 1 aliphatic rings. The van der Waals surface area contributed by atoms with Gasteiger partial charge < -0.3 is 0 Å². The molecule has 0 radical (unpaired) electrons. The smallest absolute Gasteiger partial charge is 0.163 e. The van der Waals surface area contributed by atoms with Gasteiger partial charge in [-0.2, -0.15) is 0 Å². The van der Waals surface area contributed by atoms with E-state index >= 15 is 0 Å². The zero-order chi connectivity index (χ0) is 9.97. The van der Waals surface area contributed by atoms with Crippen LogP contribution in [-0.4, -0.2) is 12.1 Å². The Morgan fingerprint density at radius 2 is 2.07 bits per heavy atom. The first-order valence-corrected chi connectivity index (χ1v) is 4.59. The van der Waals surface area contributed by atoms with Crippen LogP contribution in [0.4, 0.5) is 0 Å². The van der Waals surface area contributed by atoms with Crippen LogP contribution in [0, 0.1) is 0 Å². The molecule has 0 amide bonds. The molecule has 0 spiro atoms. The fourth-order valence-electron chi connectivity index (χ4n) is 1.73. The van der Waals surface area contributed by atoms with Gasteiger partial charge in [-0.3, -0.25) is 9.59 Å². The summed E-state index contributed by atoms with van der Waals surface area (Å²) in [5.41, 5.74) is 2.92. The van der Waals surface area contributed by atoms with Crippen molar-refractivity contribution >= 4 is 18.1 Å².